The molecule has 0 aliphatic carbocycles. The predicted octanol–water partition coefficient (Wildman–Crippen LogP) is 2.56. The third kappa shape index (κ3) is 2.75. The van der Waals surface area contributed by atoms with Gasteiger partial charge in [-0.2, -0.15) is 0 Å². The van der Waals surface area contributed by atoms with Crippen LogP contribution in [0, 0.1) is 5.92 Å². The molecule has 1 aromatic rings. The average molecular weight is 247 g/mol. The molecule has 2 N–H and O–H groups in total. The summed E-state index contributed by atoms with van der Waals surface area (Å²) in [6, 6.07) is 7.46. The van der Waals surface area contributed by atoms with Crippen molar-refractivity contribution in [3.63, 3.8) is 0 Å². The van der Waals surface area contributed by atoms with Crippen molar-refractivity contribution in [1.82, 2.24) is 4.90 Å². The van der Waals surface area contributed by atoms with Gasteiger partial charge in [-0.1, -0.05) is 6.92 Å². The van der Waals surface area contributed by atoms with Gasteiger partial charge in [0.2, 0.25) is 0 Å². The second-order valence-corrected chi connectivity index (χ2v) is 5.13. The Balaban J connectivity index is 2.06. The summed E-state index contributed by atoms with van der Waals surface area (Å²) >= 11 is 0. The van der Waals surface area contributed by atoms with Crippen LogP contribution in [-0.2, 0) is 0 Å². The minimum absolute atomic E-state index is 0.0753. The fourth-order valence-corrected chi connectivity index (χ4v) is 2.38. The lowest BCUT2D eigenvalue weighted by Gasteiger charge is -2.34. The van der Waals surface area contributed by atoms with E-state index in [1.165, 1.54) is 6.42 Å². The zero-order chi connectivity index (χ0) is 13.1. The first-order valence-corrected chi connectivity index (χ1v) is 6.46. The number of hydrogen-bond donors (Lipinski definition) is 1. The Morgan fingerprint density at radius 3 is 2.67 bits per heavy atom. The SMILES string of the molecule is CC1CCCN(C(=O)N(C)c2ccc(N)cc2)C1. The number of nitrogens with zero attached hydrogens (tertiary/aromatic N) is 2. The Labute approximate surface area is 108 Å². The minimum Gasteiger partial charge on any atom is -0.399 e. The van der Waals surface area contributed by atoms with Crippen LogP contribution in [0.5, 0.6) is 0 Å². The Kier molecular flexibility index (Phi) is 3.75. The number of urea groups is 1. The summed E-state index contributed by atoms with van der Waals surface area (Å²) < 4.78 is 0. The molecule has 1 atom stereocenters. The van der Waals surface area contributed by atoms with Crippen molar-refractivity contribution < 1.29 is 4.79 Å². The zero-order valence-corrected chi connectivity index (χ0v) is 11.1. The van der Waals surface area contributed by atoms with Gasteiger partial charge in [0.25, 0.3) is 0 Å². The van der Waals surface area contributed by atoms with Crippen LogP contribution in [0.3, 0.4) is 0 Å². The molecule has 1 aliphatic rings. The number of amides is 2. The lowest BCUT2D eigenvalue weighted by atomic mass is 10.0. The summed E-state index contributed by atoms with van der Waals surface area (Å²) in [7, 11) is 1.81. The lowest BCUT2D eigenvalue weighted by molar-refractivity contribution is 0.177. The molecule has 1 saturated heterocycles. The maximum Gasteiger partial charge on any atom is 0.324 e. The number of benzene rings is 1. The summed E-state index contributed by atoms with van der Waals surface area (Å²) in [5.74, 6) is 0.600. The van der Waals surface area contributed by atoms with Gasteiger partial charge in [-0.3, -0.25) is 4.90 Å². The van der Waals surface area contributed by atoms with Crippen molar-refractivity contribution in [1.29, 1.82) is 0 Å². The van der Waals surface area contributed by atoms with Crippen molar-refractivity contribution in [3.05, 3.63) is 24.3 Å². The number of carbonyl (C=O) groups excluding carboxylic acids is 1. The van der Waals surface area contributed by atoms with Gasteiger partial charge in [-0.05, 0) is 43.0 Å². The van der Waals surface area contributed by atoms with E-state index in [0.717, 1.165) is 25.2 Å². The molecule has 0 aromatic heterocycles. The molecule has 18 heavy (non-hydrogen) atoms. The molecule has 4 nitrogen and oxygen atoms in total. The maximum absolute atomic E-state index is 12.3. The van der Waals surface area contributed by atoms with Crippen molar-refractivity contribution in [3.8, 4) is 0 Å². The van der Waals surface area contributed by atoms with Crippen LogP contribution in [0.4, 0.5) is 16.2 Å². The highest BCUT2D eigenvalue weighted by atomic mass is 16.2. The van der Waals surface area contributed by atoms with Crippen molar-refractivity contribution in [2.75, 3.05) is 30.8 Å². The normalized spacial score (nSPS) is 19.7. The number of nitrogen functional groups attached to an aromatic ring is 1. The van der Waals surface area contributed by atoms with Crippen LogP contribution in [0.2, 0.25) is 0 Å². The van der Waals surface area contributed by atoms with Crippen molar-refractivity contribution >= 4 is 17.4 Å². The molecule has 0 bridgehead atoms. The van der Waals surface area contributed by atoms with Gasteiger partial charge >= 0.3 is 6.03 Å². The first-order chi connectivity index (χ1) is 8.58. The Morgan fingerprint density at radius 1 is 1.39 bits per heavy atom. The molecule has 1 unspecified atom stereocenters. The number of anilines is 2. The zero-order valence-electron chi connectivity index (χ0n) is 11.1. The molecule has 2 rings (SSSR count). The molecule has 4 heteroatoms. The summed E-state index contributed by atoms with van der Waals surface area (Å²) in [6.45, 7) is 3.92. The van der Waals surface area contributed by atoms with Crippen LogP contribution in [0.1, 0.15) is 19.8 Å². The molecule has 1 aliphatic heterocycles. The fourth-order valence-electron chi connectivity index (χ4n) is 2.38. The van der Waals surface area contributed by atoms with Gasteiger partial charge in [0.15, 0.2) is 0 Å². The molecule has 2 amide bonds. The number of rotatable bonds is 1. The van der Waals surface area contributed by atoms with Crippen LogP contribution in [0.25, 0.3) is 0 Å². The standard InChI is InChI=1S/C14H21N3O/c1-11-4-3-9-17(10-11)14(18)16(2)13-7-5-12(15)6-8-13/h5-8,11H,3-4,9-10,15H2,1-2H3. The Hall–Kier alpha value is -1.71. The van der Waals surface area contributed by atoms with Gasteiger partial charge in [0.1, 0.15) is 0 Å². The van der Waals surface area contributed by atoms with E-state index >= 15 is 0 Å². The van der Waals surface area contributed by atoms with Crippen LogP contribution >= 0.6 is 0 Å². The second-order valence-electron chi connectivity index (χ2n) is 5.13. The van der Waals surface area contributed by atoms with Gasteiger partial charge in [-0.25, -0.2) is 4.79 Å². The number of carbonyl (C=O) groups is 1. The lowest BCUT2D eigenvalue weighted by Crippen LogP contribution is -2.45. The molecule has 1 heterocycles. The molecule has 1 aromatic carbocycles. The molecule has 1 fully saturated rings. The van der Waals surface area contributed by atoms with Crippen LogP contribution < -0.4 is 10.6 Å². The Bertz CT molecular complexity index is 416. The van der Waals surface area contributed by atoms with E-state index in [1.54, 1.807) is 4.90 Å². The fraction of sp³-hybridized carbons (Fsp3) is 0.500. The Morgan fingerprint density at radius 2 is 2.06 bits per heavy atom. The van der Waals surface area contributed by atoms with Gasteiger partial charge in [-0.15, -0.1) is 0 Å². The number of likely N-dealkylation sites (tertiary alicyclic amines) is 1. The van der Waals surface area contributed by atoms with E-state index < -0.39 is 0 Å². The molecule has 98 valence electrons. The first kappa shape index (κ1) is 12.7. The monoisotopic (exact) mass is 247 g/mol. The second kappa shape index (κ2) is 5.29. The topological polar surface area (TPSA) is 49.6 Å². The van der Waals surface area contributed by atoms with Gasteiger partial charge in [0.05, 0.1) is 0 Å². The van der Waals surface area contributed by atoms with Gasteiger partial charge < -0.3 is 10.6 Å². The van der Waals surface area contributed by atoms with Crippen molar-refractivity contribution in [2.45, 2.75) is 19.8 Å². The van der Waals surface area contributed by atoms with E-state index in [-0.39, 0.29) is 6.03 Å². The number of piperidine rings is 1. The molecular weight excluding hydrogens is 226 g/mol. The number of nitrogens with two attached hydrogens (primary N) is 1. The molecule has 0 saturated carbocycles. The third-order valence-corrected chi connectivity index (χ3v) is 3.49. The average Bonchev–Trinajstić information content (AvgIpc) is 2.38. The van der Waals surface area contributed by atoms with E-state index in [9.17, 15) is 4.79 Å². The van der Waals surface area contributed by atoms with E-state index in [4.69, 9.17) is 5.73 Å². The highest BCUT2D eigenvalue weighted by Gasteiger charge is 2.23. The summed E-state index contributed by atoms with van der Waals surface area (Å²) in [4.78, 5) is 16.0. The summed E-state index contributed by atoms with van der Waals surface area (Å²) in [6.07, 6.45) is 2.32. The summed E-state index contributed by atoms with van der Waals surface area (Å²) in [5.41, 5.74) is 7.25. The smallest absolute Gasteiger partial charge is 0.324 e. The molecular formula is C14H21N3O. The highest BCUT2D eigenvalue weighted by molar-refractivity contribution is 5.91. The van der Waals surface area contributed by atoms with Crippen LogP contribution in [0.15, 0.2) is 24.3 Å². The quantitative estimate of drug-likeness (QED) is 0.775. The predicted molar refractivity (Wildman–Crippen MR) is 74.6 cm³/mol. The largest absolute Gasteiger partial charge is 0.399 e. The third-order valence-electron chi connectivity index (χ3n) is 3.49. The van der Waals surface area contributed by atoms with E-state index in [0.29, 0.717) is 11.6 Å². The minimum atomic E-state index is 0.0753. The summed E-state index contributed by atoms with van der Waals surface area (Å²) in [5, 5.41) is 0. The maximum atomic E-state index is 12.3. The van der Waals surface area contributed by atoms with E-state index in [1.807, 2.05) is 36.2 Å². The molecule has 0 spiro atoms. The number of hydrogen-bond acceptors (Lipinski definition) is 2. The first-order valence-electron chi connectivity index (χ1n) is 6.46. The van der Waals surface area contributed by atoms with Gasteiger partial charge in [0, 0.05) is 31.5 Å². The van der Waals surface area contributed by atoms with E-state index in [2.05, 4.69) is 6.92 Å². The highest BCUT2D eigenvalue weighted by Crippen LogP contribution is 2.20. The van der Waals surface area contributed by atoms with Crippen LogP contribution in [-0.4, -0.2) is 31.1 Å². The molecule has 0 radical (unpaired) electrons. The van der Waals surface area contributed by atoms with Crippen molar-refractivity contribution in [2.24, 2.45) is 5.92 Å².